The number of carbonyl (C=O) groups excluding carboxylic acids is 2. The highest BCUT2D eigenvalue weighted by molar-refractivity contribution is 6.32. The molecule has 2 aromatic rings. The Morgan fingerprint density at radius 2 is 1.93 bits per heavy atom. The summed E-state index contributed by atoms with van der Waals surface area (Å²) in [6.07, 6.45) is -4.24. The highest BCUT2D eigenvalue weighted by Crippen LogP contribution is 2.34. The predicted octanol–water partition coefficient (Wildman–Crippen LogP) is 4.22. The molecule has 0 unspecified atom stereocenters. The molecule has 10 heteroatoms. The van der Waals surface area contributed by atoms with E-state index in [-0.39, 0.29) is 47.6 Å². The number of alkyl halides is 3. The molecular formula is C19H19ClF3N3O3. The minimum atomic E-state index is -4.51. The zero-order valence-electron chi connectivity index (χ0n) is 15.7. The second-order valence-electron chi connectivity index (χ2n) is 6.03. The Bertz CT molecular complexity index is 904. The van der Waals surface area contributed by atoms with Crippen LogP contribution in [0.25, 0.3) is 0 Å². The number of benzene rings is 1. The Hall–Kier alpha value is -2.81. The van der Waals surface area contributed by atoms with Crippen LogP contribution in [0.4, 0.5) is 19.0 Å². The Morgan fingerprint density at radius 3 is 2.59 bits per heavy atom. The minimum Gasteiger partial charge on any atom is -0.490 e. The maximum Gasteiger partial charge on any atom is 0.416 e. The minimum absolute atomic E-state index is 0.0312. The number of rotatable bonds is 7. The lowest BCUT2D eigenvalue weighted by Crippen LogP contribution is -2.28. The lowest BCUT2D eigenvalue weighted by atomic mass is 10.2. The van der Waals surface area contributed by atoms with Gasteiger partial charge >= 0.3 is 6.18 Å². The lowest BCUT2D eigenvalue weighted by Gasteiger charge is -2.12. The molecule has 1 heterocycles. The van der Waals surface area contributed by atoms with Crippen molar-refractivity contribution in [2.75, 3.05) is 18.5 Å². The number of aryl methyl sites for hydroxylation is 1. The van der Waals surface area contributed by atoms with Crippen molar-refractivity contribution in [2.24, 2.45) is 0 Å². The average Bonchev–Trinajstić information content (AvgIpc) is 2.64. The third-order valence-electron chi connectivity index (χ3n) is 3.71. The molecule has 6 nitrogen and oxygen atoms in total. The van der Waals surface area contributed by atoms with Crippen molar-refractivity contribution in [3.8, 4) is 5.75 Å². The smallest absolute Gasteiger partial charge is 0.416 e. The summed E-state index contributed by atoms with van der Waals surface area (Å²) in [5.74, 6) is -0.545. The summed E-state index contributed by atoms with van der Waals surface area (Å²) in [6.45, 7) is 3.31. The van der Waals surface area contributed by atoms with Gasteiger partial charge in [0.05, 0.1) is 17.1 Å². The second kappa shape index (κ2) is 9.60. The number of hydrogen-bond donors (Lipinski definition) is 2. The molecule has 29 heavy (non-hydrogen) atoms. The first-order valence-electron chi connectivity index (χ1n) is 8.66. The zero-order valence-corrected chi connectivity index (χ0v) is 16.4. The maximum atomic E-state index is 12.8. The number of anilines is 1. The van der Waals surface area contributed by atoms with Gasteiger partial charge in [-0.25, -0.2) is 4.98 Å². The highest BCUT2D eigenvalue weighted by atomic mass is 35.5. The molecule has 0 saturated carbocycles. The molecule has 0 radical (unpaired) electrons. The third kappa shape index (κ3) is 6.63. The Balaban J connectivity index is 1.95. The van der Waals surface area contributed by atoms with Crippen molar-refractivity contribution in [3.05, 3.63) is 52.2 Å². The predicted molar refractivity (Wildman–Crippen MR) is 102 cm³/mol. The highest BCUT2D eigenvalue weighted by Gasteiger charge is 2.31. The number of nitrogens with one attached hydrogen (secondary N) is 2. The number of carbonyl (C=O) groups is 2. The van der Waals surface area contributed by atoms with Gasteiger partial charge in [-0.2, -0.15) is 13.2 Å². The van der Waals surface area contributed by atoms with Crippen LogP contribution in [0.15, 0.2) is 30.3 Å². The van der Waals surface area contributed by atoms with Crippen LogP contribution in [-0.2, 0) is 11.0 Å². The van der Waals surface area contributed by atoms with Gasteiger partial charge in [0.1, 0.15) is 18.2 Å². The van der Waals surface area contributed by atoms with Crippen molar-refractivity contribution >= 4 is 29.2 Å². The largest absolute Gasteiger partial charge is 0.490 e. The van der Waals surface area contributed by atoms with E-state index in [1.54, 1.807) is 19.9 Å². The van der Waals surface area contributed by atoms with Gasteiger partial charge in [0.15, 0.2) is 0 Å². The second-order valence-corrected chi connectivity index (χ2v) is 6.44. The number of nitrogens with zero attached hydrogens (tertiary/aromatic N) is 1. The van der Waals surface area contributed by atoms with Gasteiger partial charge in [0, 0.05) is 17.7 Å². The van der Waals surface area contributed by atoms with Gasteiger partial charge in [-0.05, 0) is 37.3 Å². The fourth-order valence-corrected chi connectivity index (χ4v) is 2.48. The molecule has 0 atom stereocenters. The number of hydrogen-bond acceptors (Lipinski definition) is 4. The molecule has 0 spiro atoms. The van der Waals surface area contributed by atoms with E-state index in [0.717, 1.165) is 18.2 Å². The Labute approximate surface area is 170 Å². The van der Waals surface area contributed by atoms with Crippen LogP contribution in [0.3, 0.4) is 0 Å². The van der Waals surface area contributed by atoms with Crippen LogP contribution in [0.2, 0.25) is 5.02 Å². The molecular weight excluding hydrogens is 411 g/mol. The summed E-state index contributed by atoms with van der Waals surface area (Å²) in [4.78, 5) is 27.9. The van der Waals surface area contributed by atoms with Crippen LogP contribution in [0.1, 0.15) is 35.0 Å². The standard InChI is InChI=1S/C19H19ClF3N3O3/c1-3-17(27)26-16-9-12(8-11(2)25-16)18(28)24-6-7-29-15-10-13(19(21,22)23)4-5-14(15)20/h4-5,8-10H,3,6-7H2,1-2H3,(H,24,28)(H,25,26,27). The first-order chi connectivity index (χ1) is 13.6. The Kier molecular flexibility index (Phi) is 7.44. The number of ether oxygens (including phenoxy) is 1. The van der Waals surface area contributed by atoms with Crippen LogP contribution in [0, 0.1) is 6.92 Å². The fourth-order valence-electron chi connectivity index (χ4n) is 2.31. The lowest BCUT2D eigenvalue weighted by molar-refractivity contribution is -0.137. The van der Waals surface area contributed by atoms with Crippen LogP contribution in [0.5, 0.6) is 5.75 Å². The van der Waals surface area contributed by atoms with E-state index in [9.17, 15) is 22.8 Å². The third-order valence-corrected chi connectivity index (χ3v) is 4.02. The van der Waals surface area contributed by atoms with Crippen molar-refractivity contribution in [2.45, 2.75) is 26.4 Å². The molecule has 0 aliphatic carbocycles. The first kappa shape index (κ1) is 22.5. The number of aromatic nitrogens is 1. The molecule has 2 rings (SSSR count). The molecule has 156 valence electrons. The summed E-state index contributed by atoms with van der Waals surface area (Å²) < 4.78 is 43.5. The van der Waals surface area contributed by atoms with Gasteiger partial charge < -0.3 is 15.4 Å². The molecule has 0 aliphatic heterocycles. The van der Waals surface area contributed by atoms with E-state index in [0.29, 0.717) is 5.69 Å². The number of halogens is 4. The zero-order chi connectivity index (χ0) is 21.6. The van der Waals surface area contributed by atoms with Gasteiger partial charge in [-0.1, -0.05) is 18.5 Å². The summed E-state index contributed by atoms with van der Waals surface area (Å²) in [6, 6.07) is 5.74. The van der Waals surface area contributed by atoms with Gasteiger partial charge in [0.25, 0.3) is 5.91 Å². The van der Waals surface area contributed by atoms with E-state index in [4.69, 9.17) is 16.3 Å². The van der Waals surface area contributed by atoms with Crippen molar-refractivity contribution in [1.29, 1.82) is 0 Å². The normalized spacial score (nSPS) is 11.1. The SMILES string of the molecule is CCC(=O)Nc1cc(C(=O)NCCOc2cc(C(F)(F)F)ccc2Cl)cc(C)n1. The molecule has 2 amide bonds. The molecule has 0 aliphatic rings. The molecule has 1 aromatic carbocycles. The van der Waals surface area contributed by atoms with Crippen LogP contribution < -0.4 is 15.4 Å². The summed E-state index contributed by atoms with van der Waals surface area (Å²) in [5, 5.41) is 5.20. The van der Waals surface area contributed by atoms with Gasteiger partial charge in [0.2, 0.25) is 5.91 Å². The van der Waals surface area contributed by atoms with Crippen molar-refractivity contribution in [1.82, 2.24) is 10.3 Å². The monoisotopic (exact) mass is 429 g/mol. The van der Waals surface area contributed by atoms with E-state index in [1.165, 1.54) is 6.07 Å². The quantitative estimate of drug-likeness (QED) is 0.646. The summed E-state index contributed by atoms with van der Waals surface area (Å²) in [7, 11) is 0. The first-order valence-corrected chi connectivity index (χ1v) is 9.04. The van der Waals surface area contributed by atoms with Gasteiger partial charge in [-0.3, -0.25) is 9.59 Å². The van der Waals surface area contributed by atoms with Gasteiger partial charge in [-0.15, -0.1) is 0 Å². The Morgan fingerprint density at radius 1 is 1.21 bits per heavy atom. The number of pyridine rings is 1. The molecule has 2 N–H and O–H groups in total. The van der Waals surface area contributed by atoms with Crippen molar-refractivity contribution in [3.63, 3.8) is 0 Å². The van der Waals surface area contributed by atoms with Crippen molar-refractivity contribution < 1.29 is 27.5 Å². The topological polar surface area (TPSA) is 80.3 Å². The van der Waals surface area contributed by atoms with E-state index in [2.05, 4.69) is 15.6 Å². The molecule has 1 aromatic heterocycles. The van der Waals surface area contributed by atoms with E-state index >= 15 is 0 Å². The van der Waals surface area contributed by atoms with Crippen LogP contribution in [-0.4, -0.2) is 29.9 Å². The maximum absolute atomic E-state index is 12.8. The van der Waals surface area contributed by atoms with E-state index in [1.807, 2.05) is 0 Å². The van der Waals surface area contributed by atoms with Crippen LogP contribution >= 0.6 is 11.6 Å². The summed E-state index contributed by atoms with van der Waals surface area (Å²) >= 11 is 5.85. The number of amides is 2. The average molecular weight is 430 g/mol. The summed E-state index contributed by atoms with van der Waals surface area (Å²) in [5.41, 5.74) is -0.0630. The molecule has 0 saturated heterocycles. The fraction of sp³-hybridized carbons (Fsp3) is 0.316. The molecule has 0 fully saturated rings. The molecule has 0 bridgehead atoms. The van der Waals surface area contributed by atoms with E-state index < -0.39 is 17.6 Å².